The molecule has 0 saturated heterocycles. The van der Waals surface area contributed by atoms with E-state index in [1.54, 1.807) is 0 Å². The van der Waals surface area contributed by atoms with Gasteiger partial charge in [-0.1, -0.05) is 26.3 Å². The molecule has 4 heteroatoms. The molecular formula is C14H24O4. The van der Waals surface area contributed by atoms with Gasteiger partial charge in [-0.05, 0) is 25.7 Å². The Balaban J connectivity index is 3.24. The van der Waals surface area contributed by atoms with E-state index in [1.165, 1.54) is 0 Å². The molecule has 0 aliphatic carbocycles. The molecule has 0 radical (unpaired) electrons. The highest BCUT2D eigenvalue weighted by atomic mass is 16.5. The number of esters is 2. The fraction of sp³-hybridized carbons (Fsp3) is 0.714. The van der Waals surface area contributed by atoms with Crippen LogP contribution in [0.3, 0.4) is 0 Å². The lowest BCUT2D eigenvalue weighted by Gasteiger charge is -2.04. The lowest BCUT2D eigenvalue weighted by Crippen LogP contribution is -2.06. The van der Waals surface area contributed by atoms with Crippen molar-refractivity contribution in [2.45, 2.75) is 51.9 Å². The first-order valence-electron chi connectivity index (χ1n) is 6.65. The molecule has 0 rings (SSSR count). The zero-order chi connectivity index (χ0) is 13.6. The fourth-order valence-electron chi connectivity index (χ4n) is 1.39. The molecule has 0 spiro atoms. The molecule has 0 aromatic carbocycles. The van der Waals surface area contributed by atoms with Gasteiger partial charge in [-0.2, -0.15) is 0 Å². The number of carbonyl (C=O) groups excluding carboxylic acids is 2. The summed E-state index contributed by atoms with van der Waals surface area (Å²) in [5, 5.41) is 0. The number of hydrogen-bond acceptors (Lipinski definition) is 4. The van der Waals surface area contributed by atoms with Crippen LogP contribution in [0.2, 0.25) is 0 Å². The Morgan fingerprint density at radius 3 is 2.33 bits per heavy atom. The molecule has 0 aromatic rings. The van der Waals surface area contributed by atoms with Crippen molar-refractivity contribution in [2.75, 3.05) is 13.2 Å². The van der Waals surface area contributed by atoms with Crippen LogP contribution in [0.1, 0.15) is 51.9 Å². The van der Waals surface area contributed by atoms with Gasteiger partial charge in [0.25, 0.3) is 0 Å². The summed E-state index contributed by atoms with van der Waals surface area (Å²) in [5.41, 5.74) is 0. The molecule has 0 aromatic heterocycles. The molecule has 104 valence electrons. The summed E-state index contributed by atoms with van der Waals surface area (Å²) < 4.78 is 9.89. The van der Waals surface area contributed by atoms with Gasteiger partial charge >= 0.3 is 11.9 Å². The van der Waals surface area contributed by atoms with Crippen molar-refractivity contribution in [3.05, 3.63) is 12.7 Å². The second kappa shape index (κ2) is 12.1. The molecule has 0 amide bonds. The number of hydrogen-bond donors (Lipinski definition) is 0. The third kappa shape index (κ3) is 11.2. The van der Waals surface area contributed by atoms with Crippen LogP contribution in [0, 0.1) is 0 Å². The van der Waals surface area contributed by atoms with Crippen LogP contribution < -0.4 is 0 Å². The third-order valence-corrected chi connectivity index (χ3v) is 2.45. The van der Waals surface area contributed by atoms with Crippen molar-refractivity contribution in [1.82, 2.24) is 0 Å². The Labute approximate surface area is 109 Å². The quantitative estimate of drug-likeness (QED) is 0.324. The van der Waals surface area contributed by atoms with Crippen LogP contribution in [-0.4, -0.2) is 25.2 Å². The van der Waals surface area contributed by atoms with Gasteiger partial charge in [0.2, 0.25) is 0 Å². The van der Waals surface area contributed by atoms with Gasteiger partial charge in [-0.15, -0.1) is 0 Å². The van der Waals surface area contributed by atoms with Crippen LogP contribution in [0.25, 0.3) is 0 Å². The molecule has 0 unspecified atom stereocenters. The van der Waals surface area contributed by atoms with Gasteiger partial charge in [0.05, 0.1) is 13.2 Å². The molecule has 0 bridgehead atoms. The first-order valence-corrected chi connectivity index (χ1v) is 6.65. The van der Waals surface area contributed by atoms with E-state index in [1.807, 2.05) is 0 Å². The maximum absolute atomic E-state index is 11.3. The highest BCUT2D eigenvalue weighted by Gasteiger charge is 2.02. The standard InChI is InChI=1S/C14H24O4/c1-3-5-8-11-18-14(16)10-7-6-9-12-17-13(15)4-2/h4H,2-3,5-12H2,1H3. The Bertz CT molecular complexity index is 248. The van der Waals surface area contributed by atoms with Crippen molar-refractivity contribution < 1.29 is 19.1 Å². The molecule has 0 N–H and O–H groups in total. The second-order valence-electron chi connectivity index (χ2n) is 4.11. The summed E-state index contributed by atoms with van der Waals surface area (Å²) in [7, 11) is 0. The minimum atomic E-state index is -0.398. The maximum atomic E-state index is 11.3. The van der Waals surface area contributed by atoms with E-state index in [2.05, 4.69) is 13.5 Å². The molecule has 0 heterocycles. The van der Waals surface area contributed by atoms with Crippen LogP contribution >= 0.6 is 0 Å². The fourth-order valence-corrected chi connectivity index (χ4v) is 1.39. The van der Waals surface area contributed by atoms with Gasteiger partial charge in [-0.25, -0.2) is 4.79 Å². The first-order chi connectivity index (χ1) is 8.70. The molecule has 0 atom stereocenters. The number of rotatable bonds is 11. The average Bonchev–Trinajstić information content (AvgIpc) is 2.38. The minimum absolute atomic E-state index is 0.130. The summed E-state index contributed by atoms with van der Waals surface area (Å²) >= 11 is 0. The molecular weight excluding hydrogens is 232 g/mol. The topological polar surface area (TPSA) is 52.6 Å². The van der Waals surface area contributed by atoms with E-state index in [4.69, 9.17) is 9.47 Å². The summed E-state index contributed by atoms with van der Waals surface area (Å²) in [6.07, 6.45) is 7.16. The summed E-state index contributed by atoms with van der Waals surface area (Å²) in [4.78, 5) is 22.0. The van der Waals surface area contributed by atoms with E-state index in [-0.39, 0.29) is 5.97 Å². The predicted molar refractivity (Wildman–Crippen MR) is 70.1 cm³/mol. The number of ether oxygens (including phenoxy) is 2. The molecule has 0 saturated carbocycles. The Morgan fingerprint density at radius 2 is 1.67 bits per heavy atom. The lowest BCUT2D eigenvalue weighted by atomic mass is 10.2. The molecule has 18 heavy (non-hydrogen) atoms. The van der Waals surface area contributed by atoms with Crippen LogP contribution in [-0.2, 0) is 19.1 Å². The SMILES string of the molecule is C=CC(=O)OCCCCCC(=O)OCCCCC. The summed E-state index contributed by atoms with van der Waals surface area (Å²) in [5.74, 6) is -0.528. The van der Waals surface area contributed by atoms with E-state index in [0.29, 0.717) is 19.6 Å². The Hall–Kier alpha value is -1.32. The normalized spacial score (nSPS) is 9.83. The Morgan fingerprint density at radius 1 is 1.00 bits per heavy atom. The van der Waals surface area contributed by atoms with E-state index in [0.717, 1.165) is 44.6 Å². The number of unbranched alkanes of at least 4 members (excludes halogenated alkanes) is 4. The van der Waals surface area contributed by atoms with Crippen LogP contribution in [0.15, 0.2) is 12.7 Å². The lowest BCUT2D eigenvalue weighted by molar-refractivity contribution is -0.144. The third-order valence-electron chi connectivity index (χ3n) is 2.45. The highest BCUT2D eigenvalue weighted by molar-refractivity contribution is 5.81. The predicted octanol–water partition coefficient (Wildman–Crippen LogP) is 3.01. The first kappa shape index (κ1) is 16.7. The molecule has 0 aliphatic rings. The van der Waals surface area contributed by atoms with Crippen molar-refractivity contribution in [2.24, 2.45) is 0 Å². The van der Waals surface area contributed by atoms with Gasteiger partial charge in [0.15, 0.2) is 0 Å². The highest BCUT2D eigenvalue weighted by Crippen LogP contribution is 2.03. The molecule has 0 fully saturated rings. The molecule has 4 nitrogen and oxygen atoms in total. The summed E-state index contributed by atoms with van der Waals surface area (Å²) in [6, 6.07) is 0. The largest absolute Gasteiger partial charge is 0.466 e. The van der Waals surface area contributed by atoms with Crippen LogP contribution in [0.4, 0.5) is 0 Å². The van der Waals surface area contributed by atoms with Gasteiger partial charge in [0, 0.05) is 12.5 Å². The monoisotopic (exact) mass is 256 g/mol. The van der Waals surface area contributed by atoms with E-state index >= 15 is 0 Å². The van der Waals surface area contributed by atoms with E-state index < -0.39 is 5.97 Å². The van der Waals surface area contributed by atoms with Crippen molar-refractivity contribution in [3.8, 4) is 0 Å². The maximum Gasteiger partial charge on any atom is 0.330 e. The zero-order valence-corrected chi connectivity index (χ0v) is 11.3. The van der Waals surface area contributed by atoms with Crippen LogP contribution in [0.5, 0.6) is 0 Å². The Kier molecular flexibility index (Phi) is 11.3. The van der Waals surface area contributed by atoms with Crippen molar-refractivity contribution in [3.63, 3.8) is 0 Å². The second-order valence-corrected chi connectivity index (χ2v) is 4.11. The van der Waals surface area contributed by atoms with E-state index in [9.17, 15) is 9.59 Å². The minimum Gasteiger partial charge on any atom is -0.466 e. The zero-order valence-electron chi connectivity index (χ0n) is 11.3. The van der Waals surface area contributed by atoms with Gasteiger partial charge in [-0.3, -0.25) is 4.79 Å². The molecule has 0 aliphatic heterocycles. The van der Waals surface area contributed by atoms with Crippen molar-refractivity contribution in [1.29, 1.82) is 0 Å². The van der Waals surface area contributed by atoms with Gasteiger partial charge in [0.1, 0.15) is 0 Å². The van der Waals surface area contributed by atoms with Gasteiger partial charge < -0.3 is 9.47 Å². The smallest absolute Gasteiger partial charge is 0.330 e. The summed E-state index contributed by atoms with van der Waals surface area (Å²) in [6.45, 7) is 6.33. The number of carbonyl (C=O) groups is 2. The van der Waals surface area contributed by atoms with Crippen molar-refractivity contribution >= 4 is 11.9 Å². The average molecular weight is 256 g/mol.